The summed E-state index contributed by atoms with van der Waals surface area (Å²) in [5, 5.41) is 5.56. The molecule has 52 heavy (non-hydrogen) atoms. The number of nitrogens with zero attached hydrogens (tertiary/aromatic N) is 2. The van der Waals surface area contributed by atoms with Crippen molar-refractivity contribution in [3.05, 3.63) is 24.3 Å². The van der Waals surface area contributed by atoms with Gasteiger partial charge in [-0.25, -0.2) is 9.59 Å². The molecule has 0 aliphatic heterocycles. The number of hydrogen-bond acceptors (Lipinski definition) is 6. The van der Waals surface area contributed by atoms with Gasteiger partial charge in [-0.3, -0.25) is 20.4 Å². The number of benzene rings is 1. The molecule has 0 saturated heterocycles. The maximum atomic E-state index is 12.4. The number of anilines is 2. The highest BCUT2D eigenvalue weighted by molar-refractivity contribution is 5.87. The van der Waals surface area contributed by atoms with Gasteiger partial charge in [-0.15, -0.1) is 0 Å². The second-order valence-corrected chi connectivity index (χ2v) is 14.9. The van der Waals surface area contributed by atoms with Crippen LogP contribution in [0.2, 0.25) is 0 Å². The number of amides is 2. The lowest BCUT2D eigenvalue weighted by Crippen LogP contribution is -2.30. The molecule has 0 atom stereocenters. The van der Waals surface area contributed by atoms with Gasteiger partial charge in [0.15, 0.2) is 0 Å². The van der Waals surface area contributed by atoms with Crippen LogP contribution in [-0.4, -0.2) is 61.6 Å². The minimum atomic E-state index is -0.480. The van der Waals surface area contributed by atoms with E-state index < -0.39 is 12.2 Å². The van der Waals surface area contributed by atoms with Crippen molar-refractivity contribution in [1.29, 1.82) is 0 Å². The fourth-order valence-corrected chi connectivity index (χ4v) is 6.58. The summed E-state index contributed by atoms with van der Waals surface area (Å²) < 4.78 is 11.0. The van der Waals surface area contributed by atoms with Gasteiger partial charge in [0.05, 0.1) is 0 Å². The van der Waals surface area contributed by atoms with E-state index in [9.17, 15) is 9.59 Å². The van der Waals surface area contributed by atoms with Gasteiger partial charge in [-0.1, -0.05) is 182 Å². The number of nitrogens with one attached hydrogen (secondary N) is 2. The van der Waals surface area contributed by atoms with Crippen LogP contribution in [-0.2, 0) is 9.47 Å². The van der Waals surface area contributed by atoms with Gasteiger partial charge in [0.2, 0.25) is 0 Å². The Balaban J connectivity index is 2.10. The zero-order chi connectivity index (χ0) is 37.7. The molecule has 1 aromatic rings. The van der Waals surface area contributed by atoms with Crippen molar-refractivity contribution in [2.24, 2.45) is 0 Å². The van der Waals surface area contributed by atoms with E-state index in [0.717, 1.165) is 39.0 Å². The van der Waals surface area contributed by atoms with Crippen molar-refractivity contribution in [2.45, 2.75) is 195 Å². The Hall–Kier alpha value is -2.32. The number of rotatable bonds is 36. The molecular weight excluding hydrogens is 649 g/mol. The monoisotopic (exact) mass is 731 g/mol. The Morgan fingerprint density at radius 1 is 0.423 bits per heavy atom. The summed E-state index contributed by atoms with van der Waals surface area (Å²) in [6.45, 7) is 12.9. The highest BCUT2D eigenvalue weighted by Crippen LogP contribution is 2.16. The molecule has 2 N–H and O–H groups in total. The Morgan fingerprint density at radius 3 is 0.923 bits per heavy atom. The van der Waals surface area contributed by atoms with Crippen LogP contribution in [0.1, 0.15) is 195 Å². The van der Waals surface area contributed by atoms with Gasteiger partial charge in [-0.05, 0) is 50.2 Å². The first kappa shape index (κ1) is 47.7. The minimum absolute atomic E-state index is 0.278. The summed E-state index contributed by atoms with van der Waals surface area (Å²) in [4.78, 5) is 29.2. The molecule has 0 fully saturated rings. The van der Waals surface area contributed by atoms with Crippen molar-refractivity contribution in [2.75, 3.05) is 50.3 Å². The molecule has 302 valence electrons. The first-order valence-electron chi connectivity index (χ1n) is 21.9. The minimum Gasteiger partial charge on any atom is -0.433 e. The molecule has 0 aromatic heterocycles. The number of ether oxygens (including phenoxy) is 2. The number of carbonyl (C=O) groups is 2. The molecule has 1 aromatic carbocycles. The second-order valence-electron chi connectivity index (χ2n) is 14.9. The van der Waals surface area contributed by atoms with Crippen LogP contribution >= 0.6 is 0 Å². The average Bonchev–Trinajstić information content (AvgIpc) is 3.15. The standard InChI is InChI=1S/C44H82N4O4/c1-5-9-11-13-15-17-19-21-23-25-27-29-31-37-47(7-3)39-51-43(49)45-41-33-35-42(36-34-41)46-44(50)52-40-48(8-4)38-32-30-28-26-24-22-20-18-16-14-12-10-6-2/h33-36H,5-32,37-40H2,1-4H3,(H,45,49)(H,46,50). The van der Waals surface area contributed by atoms with Crippen LogP contribution in [0.5, 0.6) is 0 Å². The lowest BCUT2D eigenvalue weighted by molar-refractivity contribution is 0.0792. The second kappa shape index (κ2) is 35.7. The van der Waals surface area contributed by atoms with Gasteiger partial charge < -0.3 is 9.47 Å². The smallest absolute Gasteiger partial charge is 0.412 e. The van der Waals surface area contributed by atoms with Crippen LogP contribution in [0.3, 0.4) is 0 Å². The van der Waals surface area contributed by atoms with Gasteiger partial charge in [-0.2, -0.15) is 0 Å². The third-order valence-electron chi connectivity index (χ3n) is 10.2. The van der Waals surface area contributed by atoms with E-state index in [2.05, 4.69) is 48.1 Å². The highest BCUT2D eigenvalue weighted by Gasteiger charge is 2.10. The largest absolute Gasteiger partial charge is 0.433 e. The van der Waals surface area contributed by atoms with Crippen molar-refractivity contribution in [1.82, 2.24) is 9.80 Å². The maximum absolute atomic E-state index is 12.4. The Morgan fingerprint density at radius 2 is 0.673 bits per heavy atom. The van der Waals surface area contributed by atoms with Crippen molar-refractivity contribution >= 4 is 23.6 Å². The summed E-state index contributed by atoms with van der Waals surface area (Å²) in [6, 6.07) is 6.98. The first-order valence-corrected chi connectivity index (χ1v) is 21.9. The molecule has 0 spiro atoms. The summed E-state index contributed by atoms with van der Waals surface area (Å²) >= 11 is 0. The summed E-state index contributed by atoms with van der Waals surface area (Å²) in [5.74, 6) is 0. The SMILES string of the molecule is CCCCCCCCCCCCCCCN(CC)COC(=O)Nc1ccc(NC(=O)OCN(CC)CCCCCCCCCCCCCCC)cc1. The molecule has 8 heteroatoms. The first-order chi connectivity index (χ1) is 25.5. The van der Waals surface area contributed by atoms with E-state index in [-0.39, 0.29) is 13.5 Å². The van der Waals surface area contributed by atoms with E-state index in [1.165, 1.54) is 154 Å². The van der Waals surface area contributed by atoms with Crippen LogP contribution in [0, 0.1) is 0 Å². The van der Waals surface area contributed by atoms with Gasteiger partial charge in [0.1, 0.15) is 13.5 Å². The van der Waals surface area contributed by atoms with E-state index in [1.54, 1.807) is 24.3 Å². The lowest BCUT2D eigenvalue weighted by Gasteiger charge is -2.20. The van der Waals surface area contributed by atoms with Crippen molar-refractivity contribution < 1.29 is 19.1 Å². The molecule has 8 nitrogen and oxygen atoms in total. The third kappa shape index (κ3) is 29.2. The van der Waals surface area contributed by atoms with Crippen LogP contribution < -0.4 is 10.6 Å². The normalized spacial score (nSPS) is 11.3. The molecule has 0 heterocycles. The fourth-order valence-electron chi connectivity index (χ4n) is 6.58. The van der Waals surface area contributed by atoms with Crippen LogP contribution in [0.25, 0.3) is 0 Å². The Labute approximate surface area is 320 Å². The predicted octanol–water partition coefficient (Wildman–Crippen LogP) is 13.5. The Kier molecular flexibility index (Phi) is 32.7. The summed E-state index contributed by atoms with van der Waals surface area (Å²) in [6.07, 6.45) is 33.9. The average molecular weight is 731 g/mol. The van der Waals surface area contributed by atoms with Crippen LogP contribution in [0.4, 0.5) is 21.0 Å². The fraction of sp³-hybridized carbons (Fsp3) is 0.818. The zero-order valence-corrected chi connectivity index (χ0v) is 34.5. The van der Waals surface area contributed by atoms with E-state index in [1.807, 2.05) is 0 Å². The molecule has 0 aliphatic carbocycles. The summed E-state index contributed by atoms with van der Waals surface area (Å²) in [5.41, 5.74) is 1.22. The number of hydrogen-bond donors (Lipinski definition) is 2. The van der Waals surface area contributed by atoms with Crippen molar-refractivity contribution in [3.63, 3.8) is 0 Å². The van der Waals surface area contributed by atoms with E-state index in [0.29, 0.717) is 11.4 Å². The number of unbranched alkanes of at least 4 members (excludes halogenated alkanes) is 24. The molecular formula is C44H82N4O4. The van der Waals surface area contributed by atoms with Crippen LogP contribution in [0.15, 0.2) is 24.3 Å². The molecule has 0 unspecified atom stereocenters. The molecule has 0 aliphatic rings. The quantitative estimate of drug-likeness (QED) is 0.0528. The topological polar surface area (TPSA) is 83.1 Å². The highest BCUT2D eigenvalue weighted by atomic mass is 16.6. The zero-order valence-electron chi connectivity index (χ0n) is 34.5. The van der Waals surface area contributed by atoms with Gasteiger partial charge >= 0.3 is 12.2 Å². The van der Waals surface area contributed by atoms with Gasteiger partial charge in [0.25, 0.3) is 0 Å². The third-order valence-corrected chi connectivity index (χ3v) is 10.2. The number of carbonyl (C=O) groups excluding carboxylic acids is 2. The lowest BCUT2D eigenvalue weighted by atomic mass is 10.0. The Bertz CT molecular complexity index is 870. The molecule has 0 saturated carbocycles. The van der Waals surface area contributed by atoms with E-state index in [4.69, 9.17) is 9.47 Å². The summed E-state index contributed by atoms with van der Waals surface area (Å²) in [7, 11) is 0. The van der Waals surface area contributed by atoms with E-state index >= 15 is 0 Å². The molecule has 2 amide bonds. The van der Waals surface area contributed by atoms with Crippen molar-refractivity contribution in [3.8, 4) is 0 Å². The molecule has 1 rings (SSSR count). The predicted molar refractivity (Wildman–Crippen MR) is 222 cm³/mol. The molecule has 0 bridgehead atoms. The maximum Gasteiger partial charge on any atom is 0.412 e. The molecule has 0 radical (unpaired) electrons. The van der Waals surface area contributed by atoms with Gasteiger partial charge in [0, 0.05) is 24.5 Å².